The Bertz CT molecular complexity index is 690. The molecule has 0 spiro atoms. The molecule has 0 aliphatic heterocycles. The van der Waals surface area contributed by atoms with Crippen molar-refractivity contribution in [1.82, 2.24) is 9.55 Å². The summed E-state index contributed by atoms with van der Waals surface area (Å²) in [6.07, 6.45) is 0. The zero-order valence-electron chi connectivity index (χ0n) is 12.3. The highest BCUT2D eigenvalue weighted by Crippen LogP contribution is 2.34. The van der Waals surface area contributed by atoms with Gasteiger partial charge in [-0.05, 0) is 18.1 Å². The smallest absolute Gasteiger partial charge is 0.127 e. The third kappa shape index (κ3) is 2.42. The molecule has 21 heavy (non-hydrogen) atoms. The SMILES string of the molecule is Cc1nc(C(c2ccccc2)c2ccccc2)c(N)n1C. The van der Waals surface area contributed by atoms with E-state index in [1.807, 2.05) is 30.7 Å². The molecule has 3 aromatic rings. The first kappa shape index (κ1) is 13.4. The average molecular weight is 277 g/mol. The molecule has 0 amide bonds. The number of imidazole rings is 1. The molecule has 3 heteroatoms. The van der Waals surface area contributed by atoms with Crippen molar-refractivity contribution < 1.29 is 0 Å². The standard InChI is InChI=1S/C18H19N3/c1-13-20-17(18(19)21(13)2)16(14-9-5-3-6-10-14)15-11-7-4-8-12-15/h3-12,16H,19H2,1-2H3. The van der Waals surface area contributed by atoms with Crippen LogP contribution in [0.2, 0.25) is 0 Å². The van der Waals surface area contributed by atoms with E-state index in [2.05, 4.69) is 48.5 Å². The molecular formula is C18H19N3. The quantitative estimate of drug-likeness (QED) is 0.796. The summed E-state index contributed by atoms with van der Waals surface area (Å²) in [5, 5.41) is 0. The third-order valence-electron chi connectivity index (χ3n) is 3.93. The number of benzene rings is 2. The minimum atomic E-state index is 0.0623. The minimum absolute atomic E-state index is 0.0623. The number of aryl methyl sites for hydroxylation is 1. The lowest BCUT2D eigenvalue weighted by Crippen LogP contribution is -2.07. The van der Waals surface area contributed by atoms with Gasteiger partial charge in [-0.2, -0.15) is 0 Å². The number of aromatic nitrogens is 2. The predicted molar refractivity (Wildman–Crippen MR) is 86.2 cm³/mol. The van der Waals surface area contributed by atoms with Crippen molar-refractivity contribution in [3.05, 3.63) is 83.3 Å². The Labute approximate surface area is 125 Å². The molecule has 0 aliphatic carbocycles. The fourth-order valence-corrected chi connectivity index (χ4v) is 2.66. The highest BCUT2D eigenvalue weighted by molar-refractivity contribution is 5.50. The van der Waals surface area contributed by atoms with Crippen LogP contribution in [0, 0.1) is 6.92 Å². The molecule has 106 valence electrons. The maximum absolute atomic E-state index is 6.28. The number of rotatable bonds is 3. The van der Waals surface area contributed by atoms with E-state index in [0.29, 0.717) is 0 Å². The lowest BCUT2D eigenvalue weighted by molar-refractivity contribution is 0.867. The van der Waals surface area contributed by atoms with Gasteiger partial charge in [0.05, 0.1) is 11.6 Å². The van der Waals surface area contributed by atoms with Crippen LogP contribution in [-0.4, -0.2) is 9.55 Å². The van der Waals surface area contributed by atoms with Crippen LogP contribution in [-0.2, 0) is 7.05 Å². The summed E-state index contributed by atoms with van der Waals surface area (Å²) in [6.45, 7) is 1.98. The summed E-state index contributed by atoms with van der Waals surface area (Å²) < 4.78 is 1.94. The van der Waals surface area contributed by atoms with E-state index in [1.165, 1.54) is 11.1 Å². The molecule has 0 bridgehead atoms. The largest absolute Gasteiger partial charge is 0.384 e. The topological polar surface area (TPSA) is 43.8 Å². The number of hydrogen-bond donors (Lipinski definition) is 1. The van der Waals surface area contributed by atoms with E-state index >= 15 is 0 Å². The fraction of sp³-hybridized carbons (Fsp3) is 0.167. The summed E-state index contributed by atoms with van der Waals surface area (Å²) >= 11 is 0. The lowest BCUT2D eigenvalue weighted by atomic mass is 9.88. The number of anilines is 1. The Balaban J connectivity index is 2.20. The van der Waals surface area contributed by atoms with Gasteiger partial charge in [-0.1, -0.05) is 60.7 Å². The van der Waals surface area contributed by atoms with Crippen molar-refractivity contribution in [2.24, 2.45) is 7.05 Å². The van der Waals surface area contributed by atoms with E-state index in [1.54, 1.807) is 0 Å². The molecule has 0 saturated heterocycles. The van der Waals surface area contributed by atoms with Crippen LogP contribution in [0.25, 0.3) is 0 Å². The van der Waals surface area contributed by atoms with E-state index in [0.717, 1.165) is 17.3 Å². The second kappa shape index (κ2) is 5.44. The molecule has 0 radical (unpaired) electrons. The van der Waals surface area contributed by atoms with Gasteiger partial charge in [-0.15, -0.1) is 0 Å². The molecule has 2 aromatic carbocycles. The summed E-state index contributed by atoms with van der Waals surface area (Å²) in [7, 11) is 1.95. The Kier molecular flexibility index (Phi) is 3.48. The lowest BCUT2D eigenvalue weighted by Gasteiger charge is -2.17. The Morgan fingerprint density at radius 1 is 0.905 bits per heavy atom. The van der Waals surface area contributed by atoms with Gasteiger partial charge in [-0.25, -0.2) is 4.98 Å². The molecule has 0 atom stereocenters. The van der Waals surface area contributed by atoms with Crippen LogP contribution in [0.15, 0.2) is 60.7 Å². The van der Waals surface area contributed by atoms with Crippen LogP contribution >= 0.6 is 0 Å². The molecular weight excluding hydrogens is 258 g/mol. The number of nitrogens with two attached hydrogens (primary N) is 1. The third-order valence-corrected chi connectivity index (χ3v) is 3.93. The zero-order chi connectivity index (χ0) is 14.8. The highest BCUT2D eigenvalue weighted by atomic mass is 15.1. The molecule has 0 unspecified atom stereocenters. The first-order valence-electron chi connectivity index (χ1n) is 7.07. The van der Waals surface area contributed by atoms with E-state index in [4.69, 9.17) is 10.7 Å². The molecule has 0 aliphatic rings. The van der Waals surface area contributed by atoms with Crippen LogP contribution in [0.5, 0.6) is 0 Å². The van der Waals surface area contributed by atoms with Gasteiger partial charge in [0.15, 0.2) is 0 Å². The summed E-state index contributed by atoms with van der Waals surface area (Å²) in [5.74, 6) is 1.72. The van der Waals surface area contributed by atoms with Gasteiger partial charge in [0.1, 0.15) is 11.6 Å². The van der Waals surface area contributed by atoms with Crippen LogP contribution in [0.3, 0.4) is 0 Å². The van der Waals surface area contributed by atoms with Gasteiger partial charge in [0.2, 0.25) is 0 Å². The molecule has 0 saturated carbocycles. The van der Waals surface area contributed by atoms with Crippen molar-refractivity contribution in [2.75, 3.05) is 5.73 Å². The average Bonchev–Trinajstić information content (AvgIpc) is 2.78. The van der Waals surface area contributed by atoms with E-state index in [-0.39, 0.29) is 5.92 Å². The predicted octanol–water partition coefficient (Wildman–Crippen LogP) is 3.49. The van der Waals surface area contributed by atoms with Crippen molar-refractivity contribution in [3.8, 4) is 0 Å². The van der Waals surface area contributed by atoms with Crippen LogP contribution < -0.4 is 5.73 Å². The highest BCUT2D eigenvalue weighted by Gasteiger charge is 2.23. The van der Waals surface area contributed by atoms with Crippen molar-refractivity contribution in [1.29, 1.82) is 0 Å². The van der Waals surface area contributed by atoms with Crippen LogP contribution in [0.1, 0.15) is 28.6 Å². The molecule has 1 aromatic heterocycles. The van der Waals surface area contributed by atoms with E-state index in [9.17, 15) is 0 Å². The number of nitrogens with zero attached hydrogens (tertiary/aromatic N) is 2. The Morgan fingerprint density at radius 3 is 1.76 bits per heavy atom. The molecule has 3 nitrogen and oxygen atoms in total. The fourth-order valence-electron chi connectivity index (χ4n) is 2.66. The van der Waals surface area contributed by atoms with Gasteiger partial charge in [0.25, 0.3) is 0 Å². The molecule has 1 heterocycles. The summed E-state index contributed by atoms with van der Waals surface area (Å²) in [5.41, 5.74) is 9.61. The van der Waals surface area contributed by atoms with Crippen molar-refractivity contribution in [3.63, 3.8) is 0 Å². The molecule has 2 N–H and O–H groups in total. The Morgan fingerprint density at radius 2 is 1.38 bits per heavy atom. The van der Waals surface area contributed by atoms with Gasteiger partial charge >= 0.3 is 0 Å². The van der Waals surface area contributed by atoms with Gasteiger partial charge in [-0.3, -0.25) is 0 Å². The number of hydrogen-bond acceptors (Lipinski definition) is 2. The van der Waals surface area contributed by atoms with E-state index < -0.39 is 0 Å². The first-order valence-corrected chi connectivity index (χ1v) is 7.07. The maximum atomic E-state index is 6.28. The van der Waals surface area contributed by atoms with Crippen LogP contribution in [0.4, 0.5) is 5.82 Å². The zero-order valence-corrected chi connectivity index (χ0v) is 12.3. The summed E-state index contributed by atoms with van der Waals surface area (Å²) in [4.78, 5) is 4.70. The normalized spacial score (nSPS) is 11.0. The monoisotopic (exact) mass is 277 g/mol. The number of nitrogen functional groups attached to an aromatic ring is 1. The maximum Gasteiger partial charge on any atom is 0.127 e. The Hall–Kier alpha value is -2.55. The molecule has 3 rings (SSSR count). The first-order chi connectivity index (χ1) is 10.2. The van der Waals surface area contributed by atoms with Gasteiger partial charge < -0.3 is 10.3 Å². The summed E-state index contributed by atoms with van der Waals surface area (Å²) in [6, 6.07) is 20.8. The minimum Gasteiger partial charge on any atom is -0.384 e. The molecule has 0 fully saturated rings. The second-order valence-corrected chi connectivity index (χ2v) is 5.24. The van der Waals surface area contributed by atoms with Gasteiger partial charge in [0, 0.05) is 7.05 Å². The van der Waals surface area contributed by atoms with Crippen molar-refractivity contribution >= 4 is 5.82 Å². The second-order valence-electron chi connectivity index (χ2n) is 5.24. The van der Waals surface area contributed by atoms with Crippen molar-refractivity contribution in [2.45, 2.75) is 12.8 Å².